The number of alkyl halides is 2. The van der Waals surface area contributed by atoms with Crippen molar-refractivity contribution in [2.75, 3.05) is 38.6 Å². The number of fused-ring (bicyclic) bond motifs is 2. The van der Waals surface area contributed by atoms with E-state index in [-0.39, 0.29) is 35.2 Å². The van der Waals surface area contributed by atoms with Crippen LogP contribution >= 0.6 is 18.9 Å². The van der Waals surface area contributed by atoms with Crippen molar-refractivity contribution in [1.29, 1.82) is 0 Å². The molecule has 0 spiro atoms. The second-order valence-electron chi connectivity index (χ2n) is 17.1. The van der Waals surface area contributed by atoms with E-state index in [1.165, 1.54) is 75.3 Å². The number of amides is 4. The molecule has 4 amide bonds. The van der Waals surface area contributed by atoms with Gasteiger partial charge in [0.15, 0.2) is 5.69 Å². The molecule has 5 rings (SSSR count). The molecule has 2 aliphatic rings. The Morgan fingerprint density at radius 2 is 1.52 bits per heavy atom. The van der Waals surface area contributed by atoms with Gasteiger partial charge in [0.2, 0.25) is 31.3 Å². The van der Waals surface area contributed by atoms with Gasteiger partial charge in [-0.1, -0.05) is 18.2 Å². The van der Waals surface area contributed by atoms with Crippen LogP contribution in [0.15, 0.2) is 48.5 Å². The zero-order valence-electron chi connectivity index (χ0n) is 35.7. The van der Waals surface area contributed by atoms with Gasteiger partial charge in [-0.05, 0) is 96.5 Å². The third-order valence-electron chi connectivity index (χ3n) is 10.4. The molecular formula is C42H50F2N5O11PS. The fourth-order valence-electron chi connectivity index (χ4n) is 6.77. The summed E-state index contributed by atoms with van der Waals surface area (Å²) in [6, 6.07) is 8.37. The Labute approximate surface area is 362 Å². The maximum absolute atomic E-state index is 16.3. The first-order chi connectivity index (χ1) is 28.9. The van der Waals surface area contributed by atoms with Crippen LogP contribution in [-0.4, -0.2) is 97.2 Å². The lowest BCUT2D eigenvalue weighted by molar-refractivity contribution is -0.163. The molecule has 0 unspecified atom stereocenters. The van der Waals surface area contributed by atoms with Gasteiger partial charge in [0.25, 0.3) is 5.91 Å². The van der Waals surface area contributed by atoms with Crippen molar-refractivity contribution in [1.82, 2.24) is 15.1 Å². The summed E-state index contributed by atoms with van der Waals surface area (Å²) in [7, 11) is -4.05. The van der Waals surface area contributed by atoms with Gasteiger partial charge in [-0.3, -0.25) is 42.4 Å². The normalized spacial score (nSPS) is 18.6. The molecule has 3 heterocycles. The molecule has 0 aliphatic carbocycles. The predicted octanol–water partition coefficient (Wildman–Crippen LogP) is 7.19. The summed E-state index contributed by atoms with van der Waals surface area (Å²) in [6.07, 6.45) is 1.24. The number of nitrogens with one attached hydrogen (secondary N) is 1. The smallest absolute Gasteiger partial charge is 0.410 e. The Bertz CT molecular complexity index is 2280. The highest BCUT2D eigenvalue weighted by molar-refractivity contribution is 7.54. The molecule has 0 bridgehead atoms. The van der Waals surface area contributed by atoms with Crippen LogP contribution in [0.3, 0.4) is 0 Å². The fraction of sp³-hybridized carbons (Fsp3) is 0.500. The zero-order valence-corrected chi connectivity index (χ0v) is 37.4. The first kappa shape index (κ1) is 47.8. The molecule has 3 aromatic rings. The van der Waals surface area contributed by atoms with Crippen LogP contribution in [0.25, 0.3) is 14.9 Å². The second-order valence-corrected chi connectivity index (χ2v) is 20.2. The number of hydrogen-bond donors (Lipinski definition) is 1. The summed E-state index contributed by atoms with van der Waals surface area (Å²) in [5.41, 5.74) is -6.45. The molecule has 2 aromatic carbocycles. The molecule has 334 valence electrons. The van der Waals surface area contributed by atoms with Gasteiger partial charge in [0.05, 0.1) is 22.3 Å². The standard InChI is InChI=1S/C42H50F2N5O11PS/c1-25(50)48-19-18-30-15-16-32(37(53)47(9)29-13-11-28(45-8)12-14-29)49(30)36(52)31(22-48)46-35(51)34-21-26-20-27(10-17-33(26)62-34)42(43,44)61(56,59-23-57-38(54)40(2,3)4)60-24-58-39(55)41(5,6)7/h10-14,17,20-21,30-32H,15-16,18-19,22-24H2,1-7,9H3,(H,46,51)/t30-,31+,32+/m1/s1. The number of carbonyl (C=O) groups is 6. The molecule has 2 aliphatic heterocycles. The van der Waals surface area contributed by atoms with Crippen LogP contribution in [0, 0.1) is 17.4 Å². The van der Waals surface area contributed by atoms with Gasteiger partial charge in [0, 0.05) is 49.1 Å². The highest BCUT2D eigenvalue weighted by atomic mass is 32.1. The molecule has 16 nitrogen and oxygen atoms in total. The zero-order chi connectivity index (χ0) is 45.9. The van der Waals surface area contributed by atoms with Crippen LogP contribution < -0.4 is 10.2 Å². The van der Waals surface area contributed by atoms with E-state index in [2.05, 4.69) is 10.2 Å². The highest BCUT2D eigenvalue weighted by Crippen LogP contribution is 2.67. The van der Waals surface area contributed by atoms with Crippen LogP contribution in [0.2, 0.25) is 0 Å². The van der Waals surface area contributed by atoms with Gasteiger partial charge >= 0.3 is 25.2 Å². The number of hydrogen-bond acceptors (Lipinski definition) is 12. The van der Waals surface area contributed by atoms with Crippen LogP contribution in [0.5, 0.6) is 0 Å². The minimum atomic E-state index is -5.63. The Hall–Kier alpha value is -5.28. The maximum atomic E-state index is 16.3. The molecule has 2 fully saturated rings. The molecule has 0 radical (unpaired) electrons. The number of rotatable bonds is 12. The van der Waals surface area contributed by atoms with Crippen LogP contribution in [0.4, 0.5) is 20.2 Å². The molecule has 0 saturated carbocycles. The topological polar surface area (TPSA) is 183 Å². The third-order valence-corrected chi connectivity index (χ3v) is 13.4. The lowest BCUT2D eigenvalue weighted by atomic mass is 9.98. The molecule has 1 aromatic heterocycles. The number of benzene rings is 2. The number of thiophene rings is 1. The van der Waals surface area contributed by atoms with Crippen molar-refractivity contribution in [2.45, 2.75) is 91.5 Å². The van der Waals surface area contributed by atoms with Crippen molar-refractivity contribution in [3.05, 3.63) is 70.4 Å². The van der Waals surface area contributed by atoms with Crippen molar-refractivity contribution in [3.63, 3.8) is 0 Å². The van der Waals surface area contributed by atoms with Gasteiger partial charge in [-0.2, -0.15) is 8.78 Å². The van der Waals surface area contributed by atoms with Crippen molar-refractivity contribution in [3.8, 4) is 0 Å². The van der Waals surface area contributed by atoms with E-state index in [0.717, 1.165) is 23.5 Å². The number of anilines is 1. The minimum Gasteiger partial charge on any atom is -0.438 e. The lowest BCUT2D eigenvalue weighted by Crippen LogP contribution is -2.61. The largest absolute Gasteiger partial charge is 0.438 e. The van der Waals surface area contributed by atoms with E-state index in [9.17, 15) is 33.3 Å². The summed E-state index contributed by atoms with van der Waals surface area (Å²) in [4.78, 5) is 87.2. The molecular weight excluding hydrogens is 852 g/mol. The predicted molar refractivity (Wildman–Crippen MR) is 224 cm³/mol. The summed E-state index contributed by atoms with van der Waals surface area (Å²) >= 11 is 0.918. The first-order valence-corrected chi connectivity index (χ1v) is 22.0. The number of esters is 2. The van der Waals surface area contributed by atoms with Crippen molar-refractivity contribution in [2.24, 2.45) is 10.8 Å². The Balaban J connectivity index is 1.39. The van der Waals surface area contributed by atoms with E-state index >= 15 is 8.78 Å². The SMILES string of the molecule is [C-]#[N+]c1ccc(N(C)C(=O)[C@@H]2CC[C@@H]3CCN(C(C)=O)C[C@H](NC(=O)c4cc5cc(C(F)(F)P(=O)(OCOC(=O)C(C)(C)C)OCOC(=O)C(C)(C)C)ccc5s4)C(=O)N32)cc1. The number of carbonyl (C=O) groups excluding carboxylic acids is 6. The Kier molecular flexibility index (Phi) is 14.3. The summed E-state index contributed by atoms with van der Waals surface area (Å²) < 4.78 is 66.7. The van der Waals surface area contributed by atoms with Gasteiger partial charge in [-0.25, -0.2) is 4.85 Å². The minimum absolute atomic E-state index is 0.0109. The highest BCUT2D eigenvalue weighted by Gasteiger charge is 2.56. The molecule has 1 N–H and O–H groups in total. The number of halogens is 2. The lowest BCUT2D eigenvalue weighted by Gasteiger charge is -2.39. The fourth-order valence-corrected chi connectivity index (χ4v) is 8.96. The van der Waals surface area contributed by atoms with E-state index < -0.39 is 85.1 Å². The first-order valence-electron chi connectivity index (χ1n) is 19.7. The maximum Gasteiger partial charge on any atom is 0.410 e. The molecule has 2 saturated heterocycles. The summed E-state index contributed by atoms with van der Waals surface area (Å²) in [5.74, 6) is -3.68. The van der Waals surface area contributed by atoms with Gasteiger partial charge in [0.1, 0.15) is 12.1 Å². The van der Waals surface area contributed by atoms with E-state index in [4.69, 9.17) is 25.1 Å². The Morgan fingerprint density at radius 1 is 0.919 bits per heavy atom. The van der Waals surface area contributed by atoms with Gasteiger partial charge < -0.3 is 29.5 Å². The molecule has 20 heteroatoms. The van der Waals surface area contributed by atoms with Crippen molar-refractivity contribution >= 4 is 76.0 Å². The quantitative estimate of drug-likeness (QED) is 0.0841. The van der Waals surface area contributed by atoms with E-state index in [0.29, 0.717) is 35.3 Å². The summed E-state index contributed by atoms with van der Waals surface area (Å²) in [6.45, 7) is 15.3. The number of nitrogens with zero attached hydrogens (tertiary/aromatic N) is 4. The molecule has 62 heavy (non-hydrogen) atoms. The van der Waals surface area contributed by atoms with Crippen molar-refractivity contribution < 1.29 is 60.6 Å². The van der Waals surface area contributed by atoms with E-state index in [1.807, 2.05) is 0 Å². The Morgan fingerprint density at radius 3 is 2.06 bits per heavy atom. The van der Waals surface area contributed by atoms with E-state index in [1.54, 1.807) is 31.3 Å². The number of ether oxygens (including phenoxy) is 2. The third kappa shape index (κ3) is 10.5. The van der Waals surface area contributed by atoms with Gasteiger partial charge in [-0.15, -0.1) is 11.3 Å². The summed E-state index contributed by atoms with van der Waals surface area (Å²) in [5, 5.41) is 2.84. The number of likely N-dealkylation sites (N-methyl/N-ethyl adjacent to an activating group) is 1. The second kappa shape index (κ2) is 18.6. The molecule has 3 atom stereocenters. The monoisotopic (exact) mass is 901 g/mol. The van der Waals surface area contributed by atoms with Crippen LogP contribution in [-0.2, 0) is 52.7 Å². The average molecular weight is 902 g/mol. The van der Waals surface area contributed by atoms with Crippen LogP contribution in [0.1, 0.15) is 83.0 Å². The average Bonchev–Trinajstić information content (AvgIpc) is 3.84.